The Labute approximate surface area is 94.8 Å². The Bertz CT molecular complexity index is 527. The van der Waals surface area contributed by atoms with Crippen molar-refractivity contribution in [3.63, 3.8) is 0 Å². The molecule has 16 heavy (non-hydrogen) atoms. The zero-order chi connectivity index (χ0) is 12.2. The monoisotopic (exact) mass is 237 g/mol. The van der Waals surface area contributed by atoms with Crippen molar-refractivity contribution in [2.24, 2.45) is 0 Å². The smallest absolute Gasteiger partial charge is 0.299 e. The maximum absolute atomic E-state index is 11.9. The van der Waals surface area contributed by atoms with Gasteiger partial charge in [0.05, 0.1) is 6.57 Å². The van der Waals surface area contributed by atoms with Crippen molar-refractivity contribution in [3.05, 3.63) is 47.0 Å². The van der Waals surface area contributed by atoms with Crippen LogP contribution in [0.4, 0.5) is 0 Å². The van der Waals surface area contributed by atoms with Crippen molar-refractivity contribution < 1.29 is 8.42 Å². The van der Waals surface area contributed by atoms with E-state index in [0.717, 1.165) is 0 Å². The third-order valence-electron chi connectivity index (χ3n) is 1.67. The highest BCUT2D eigenvalue weighted by atomic mass is 32.2. The topological polar surface area (TPSA) is 54.6 Å². The number of pyridine rings is 1. The Kier molecular flexibility index (Phi) is 3.64. The molecule has 0 saturated carbocycles. The van der Waals surface area contributed by atoms with E-state index in [1.165, 1.54) is 23.4 Å². The van der Waals surface area contributed by atoms with Crippen LogP contribution in [-0.2, 0) is 9.84 Å². The van der Waals surface area contributed by atoms with Crippen LogP contribution in [0.2, 0.25) is 0 Å². The predicted molar refractivity (Wildman–Crippen MR) is 59.8 cm³/mol. The Balaban J connectivity index is 3.28. The van der Waals surface area contributed by atoms with E-state index in [-0.39, 0.29) is 10.1 Å². The fraction of sp³-hybridized carbons (Fsp3) is 0.200. The van der Waals surface area contributed by atoms with Gasteiger partial charge in [0.2, 0.25) is 9.84 Å². The van der Waals surface area contributed by atoms with E-state index in [1.54, 1.807) is 26.2 Å². The Morgan fingerprint density at radius 2 is 2.19 bits per heavy atom. The molecule has 0 fully saturated rings. The highest BCUT2D eigenvalue weighted by molar-refractivity contribution is 7.95. The summed E-state index contributed by atoms with van der Waals surface area (Å²) in [6, 6.07) is 4.55. The molecule has 6 heteroatoms. The minimum atomic E-state index is -3.79. The first-order valence-corrected chi connectivity index (χ1v) is 5.88. The van der Waals surface area contributed by atoms with Crippen molar-refractivity contribution in [2.75, 3.05) is 14.1 Å². The number of rotatable bonds is 3. The van der Waals surface area contributed by atoms with Crippen LogP contribution in [0, 0.1) is 6.57 Å². The predicted octanol–water partition coefficient (Wildman–Crippen LogP) is 1.14. The minimum Gasteiger partial charge on any atom is -0.392 e. The average Bonchev–Trinajstić information content (AvgIpc) is 2.26. The molecule has 5 nitrogen and oxygen atoms in total. The lowest BCUT2D eigenvalue weighted by molar-refractivity contribution is 0.558. The van der Waals surface area contributed by atoms with Crippen LogP contribution in [0.3, 0.4) is 0 Å². The number of hydrogen-bond donors (Lipinski definition) is 0. The maximum Gasteiger partial charge on any atom is 0.299 e. The fourth-order valence-corrected chi connectivity index (χ4v) is 2.13. The molecular formula is C10H11N3O2S. The summed E-state index contributed by atoms with van der Waals surface area (Å²) in [6.45, 7) is 6.88. The van der Waals surface area contributed by atoms with E-state index in [0.29, 0.717) is 0 Å². The second-order valence-corrected chi connectivity index (χ2v) is 5.06. The molecule has 0 radical (unpaired) electrons. The zero-order valence-electron chi connectivity index (χ0n) is 8.95. The van der Waals surface area contributed by atoms with Crippen molar-refractivity contribution in [2.45, 2.75) is 5.03 Å². The lowest BCUT2D eigenvalue weighted by Crippen LogP contribution is -2.09. The van der Waals surface area contributed by atoms with E-state index in [9.17, 15) is 8.42 Å². The summed E-state index contributed by atoms with van der Waals surface area (Å²) in [5.74, 6) is 0. The van der Waals surface area contributed by atoms with Gasteiger partial charge in [-0.05, 0) is 12.1 Å². The van der Waals surface area contributed by atoms with Gasteiger partial charge in [-0.15, -0.1) is 0 Å². The molecule has 1 aromatic rings. The molecule has 0 amide bonds. The highest BCUT2D eigenvalue weighted by Gasteiger charge is 2.22. The van der Waals surface area contributed by atoms with Gasteiger partial charge in [0, 0.05) is 26.5 Å². The summed E-state index contributed by atoms with van der Waals surface area (Å²) < 4.78 is 23.9. The Morgan fingerprint density at radius 1 is 1.50 bits per heavy atom. The highest BCUT2D eigenvalue weighted by Crippen LogP contribution is 2.17. The van der Waals surface area contributed by atoms with Crippen molar-refractivity contribution in [1.29, 1.82) is 0 Å². The van der Waals surface area contributed by atoms with Gasteiger partial charge in [-0.1, -0.05) is 6.07 Å². The SMILES string of the molecule is [C-]#[N+]C(=CN(C)C)S(=O)(=O)c1ccccn1. The minimum absolute atomic E-state index is 0.112. The van der Waals surface area contributed by atoms with Gasteiger partial charge >= 0.3 is 0 Å². The first-order valence-electron chi connectivity index (χ1n) is 4.40. The van der Waals surface area contributed by atoms with Crippen molar-refractivity contribution in [1.82, 2.24) is 9.88 Å². The maximum atomic E-state index is 11.9. The van der Waals surface area contributed by atoms with Gasteiger partial charge in [0.25, 0.3) is 5.03 Å². The van der Waals surface area contributed by atoms with Gasteiger partial charge in [0.1, 0.15) is 5.03 Å². The molecule has 0 aliphatic heterocycles. The van der Waals surface area contributed by atoms with Crippen LogP contribution >= 0.6 is 0 Å². The second-order valence-electron chi connectivity index (χ2n) is 3.21. The average molecular weight is 237 g/mol. The third kappa shape index (κ3) is 2.58. The molecule has 1 aromatic heterocycles. The Morgan fingerprint density at radius 3 is 2.62 bits per heavy atom. The first kappa shape index (κ1) is 12.2. The summed E-state index contributed by atoms with van der Waals surface area (Å²) in [5, 5.41) is -0.449. The number of nitrogens with zero attached hydrogens (tertiary/aromatic N) is 3. The summed E-state index contributed by atoms with van der Waals surface area (Å²) in [6.07, 6.45) is 2.64. The number of hydrogen-bond acceptors (Lipinski definition) is 4. The molecule has 84 valence electrons. The molecule has 0 bridgehead atoms. The summed E-state index contributed by atoms with van der Waals surface area (Å²) >= 11 is 0. The molecule has 1 rings (SSSR count). The molecule has 0 saturated heterocycles. The number of sulfone groups is 1. The quantitative estimate of drug-likeness (QED) is 0.740. The molecule has 1 heterocycles. The molecule has 0 unspecified atom stereocenters. The van der Waals surface area contributed by atoms with Gasteiger partial charge in [-0.2, -0.15) is 0 Å². The van der Waals surface area contributed by atoms with Crippen LogP contribution in [-0.4, -0.2) is 32.4 Å². The zero-order valence-corrected chi connectivity index (χ0v) is 9.77. The van der Waals surface area contributed by atoms with Crippen molar-refractivity contribution >= 4 is 9.84 Å². The molecule has 0 atom stereocenters. The molecule has 0 N–H and O–H groups in total. The lowest BCUT2D eigenvalue weighted by atomic mass is 10.5. The molecular weight excluding hydrogens is 226 g/mol. The second kappa shape index (κ2) is 4.77. The van der Waals surface area contributed by atoms with Crippen LogP contribution in [0.5, 0.6) is 0 Å². The standard InChI is InChI=1S/C10H11N3O2S/c1-11-10(8-13(2)3)16(14,15)9-6-4-5-7-12-9/h4-8H,2-3H3. The Hall–Kier alpha value is -1.87. The van der Waals surface area contributed by atoms with Gasteiger partial charge in [0.15, 0.2) is 0 Å². The third-order valence-corrected chi connectivity index (χ3v) is 3.21. The lowest BCUT2D eigenvalue weighted by Gasteiger charge is -2.06. The molecule has 0 aliphatic carbocycles. The van der Waals surface area contributed by atoms with E-state index in [4.69, 9.17) is 6.57 Å². The summed E-state index contributed by atoms with van der Waals surface area (Å²) in [7, 11) is -0.488. The van der Waals surface area contributed by atoms with Crippen LogP contribution in [0.25, 0.3) is 4.85 Å². The number of aromatic nitrogens is 1. The van der Waals surface area contributed by atoms with Crippen LogP contribution in [0.15, 0.2) is 40.7 Å². The van der Waals surface area contributed by atoms with E-state index >= 15 is 0 Å². The first-order chi connectivity index (χ1) is 7.48. The van der Waals surface area contributed by atoms with E-state index in [1.807, 2.05) is 0 Å². The van der Waals surface area contributed by atoms with Crippen molar-refractivity contribution in [3.8, 4) is 0 Å². The molecule has 0 spiro atoms. The largest absolute Gasteiger partial charge is 0.392 e. The summed E-state index contributed by atoms with van der Waals surface area (Å²) in [5.41, 5.74) is 0. The molecule has 0 aromatic carbocycles. The molecule has 0 aliphatic rings. The van der Waals surface area contributed by atoms with Crippen LogP contribution in [0.1, 0.15) is 0 Å². The van der Waals surface area contributed by atoms with Gasteiger partial charge in [-0.25, -0.2) is 18.2 Å². The summed E-state index contributed by atoms with van der Waals surface area (Å²) in [4.78, 5) is 8.26. The van der Waals surface area contributed by atoms with Gasteiger partial charge < -0.3 is 4.90 Å². The van der Waals surface area contributed by atoms with Crippen LogP contribution < -0.4 is 0 Å². The normalized spacial score (nSPS) is 11.9. The fourth-order valence-electron chi connectivity index (χ4n) is 0.992. The van der Waals surface area contributed by atoms with Gasteiger partial charge in [-0.3, -0.25) is 0 Å². The van der Waals surface area contributed by atoms with E-state index in [2.05, 4.69) is 9.83 Å². The van der Waals surface area contributed by atoms with E-state index < -0.39 is 9.84 Å².